The zero-order valence-electron chi connectivity index (χ0n) is 37.2. The smallest absolute Gasteiger partial charge is 0.306 e. The van der Waals surface area contributed by atoms with Crippen LogP contribution in [0.3, 0.4) is 0 Å². The molecule has 61 heavy (non-hydrogen) atoms. The van der Waals surface area contributed by atoms with E-state index in [1.54, 1.807) is 7.11 Å². The van der Waals surface area contributed by atoms with Crippen LogP contribution in [0.1, 0.15) is 57.2 Å². The normalized spacial score (nSPS) is 27.1. The molecule has 13 nitrogen and oxygen atoms in total. The van der Waals surface area contributed by atoms with Crippen molar-refractivity contribution >= 4 is 20.1 Å². The van der Waals surface area contributed by atoms with Crippen molar-refractivity contribution in [3.05, 3.63) is 108 Å². The standard InChI is InChI=1S/C47H66O13Si/c1-32(48)25-26-38(49)59-39-37(31-56-61(8,9)47(2,3)4)58-46(43(51-6)41(39)50-5)60-40-36(30-53-27-33-19-13-10-14-20-33)57-45(52-7)44(55-29-35-23-17-12-18-24-35)42(40)54-28-34-21-15-11-16-22-34/h10-24,36-37,39-46H,25-31H2,1-9H3/t36-,37+,39-,40-,41+,42+,43-,44-,45+,46+/m1/s1. The van der Waals surface area contributed by atoms with E-state index in [0.29, 0.717) is 6.61 Å². The summed E-state index contributed by atoms with van der Waals surface area (Å²) < 4.78 is 71.4. The number of hydrogen-bond acceptors (Lipinski definition) is 13. The molecule has 10 atom stereocenters. The van der Waals surface area contributed by atoms with Gasteiger partial charge in [-0.1, -0.05) is 112 Å². The van der Waals surface area contributed by atoms with E-state index in [-0.39, 0.29) is 50.1 Å². The number of carbonyl (C=O) groups excluding carboxylic acids is 2. The summed E-state index contributed by atoms with van der Waals surface area (Å²) in [6, 6.07) is 29.5. The molecule has 2 aliphatic rings. The molecule has 14 heteroatoms. The summed E-state index contributed by atoms with van der Waals surface area (Å²) in [5.41, 5.74) is 2.89. The number of Topliss-reactive ketones (excluding diaryl/α,β-unsaturated/α-hetero) is 1. The van der Waals surface area contributed by atoms with Crippen LogP contribution in [-0.4, -0.2) is 116 Å². The Bertz CT molecular complexity index is 1740. The molecule has 2 saturated heterocycles. The Labute approximate surface area is 362 Å². The zero-order chi connectivity index (χ0) is 44.0. The topological polar surface area (TPSA) is 136 Å². The first-order valence-corrected chi connectivity index (χ1v) is 24.0. The average molecular weight is 867 g/mol. The predicted molar refractivity (Wildman–Crippen MR) is 230 cm³/mol. The highest BCUT2D eigenvalue weighted by Gasteiger charge is 2.55. The second kappa shape index (κ2) is 23.3. The third-order valence-corrected chi connectivity index (χ3v) is 16.1. The van der Waals surface area contributed by atoms with E-state index >= 15 is 0 Å². The van der Waals surface area contributed by atoms with Gasteiger partial charge in [-0.3, -0.25) is 4.79 Å². The minimum atomic E-state index is -2.34. The minimum Gasteiger partial charge on any atom is -0.457 e. The molecular formula is C47H66O13Si. The number of ether oxygens (including phenoxy) is 10. The number of methoxy groups -OCH3 is 3. The Kier molecular flexibility index (Phi) is 18.6. The number of carbonyl (C=O) groups is 2. The highest BCUT2D eigenvalue weighted by atomic mass is 28.4. The molecule has 3 aromatic carbocycles. The highest BCUT2D eigenvalue weighted by molar-refractivity contribution is 6.74. The summed E-state index contributed by atoms with van der Waals surface area (Å²) in [7, 11) is 2.27. The van der Waals surface area contributed by atoms with E-state index in [1.807, 2.05) is 91.0 Å². The molecule has 336 valence electrons. The predicted octanol–water partition coefficient (Wildman–Crippen LogP) is 7.19. The third-order valence-electron chi connectivity index (χ3n) is 11.6. The van der Waals surface area contributed by atoms with Crippen LogP contribution in [0.25, 0.3) is 0 Å². The van der Waals surface area contributed by atoms with Gasteiger partial charge in [0.1, 0.15) is 48.5 Å². The van der Waals surface area contributed by atoms with Gasteiger partial charge >= 0.3 is 5.97 Å². The molecule has 5 rings (SSSR count). The van der Waals surface area contributed by atoms with Gasteiger partial charge in [0.15, 0.2) is 27.0 Å². The second-order valence-electron chi connectivity index (χ2n) is 17.1. The number of rotatable bonds is 22. The average Bonchev–Trinajstić information content (AvgIpc) is 3.25. The Morgan fingerprint density at radius 2 is 1.10 bits per heavy atom. The number of benzene rings is 3. The maximum Gasteiger partial charge on any atom is 0.306 e. The fraction of sp³-hybridized carbons (Fsp3) is 0.574. The van der Waals surface area contributed by atoms with Gasteiger partial charge in [0.25, 0.3) is 0 Å². The van der Waals surface area contributed by atoms with E-state index < -0.39 is 75.7 Å². The quantitative estimate of drug-likeness (QED) is 0.0746. The number of hydrogen-bond donors (Lipinski definition) is 0. The summed E-state index contributed by atoms with van der Waals surface area (Å²) >= 11 is 0. The molecule has 0 aromatic heterocycles. The first kappa shape index (κ1) is 48.6. The fourth-order valence-electron chi connectivity index (χ4n) is 7.06. The Hall–Kier alpha value is -3.38. The number of esters is 1. The SMILES string of the molecule is CO[C@H]1O[C@H](COCc2ccccc2)[C@@H](O[C@@H]2O[C@@H](CO[Si](C)(C)C(C)(C)C)[C@@H](OC(=O)CCC(C)=O)[C@H](OC)[C@H]2OC)[C@H](OCc2ccccc2)[C@H]1OCc1ccccc1. The number of ketones is 1. The van der Waals surface area contributed by atoms with Crippen LogP contribution in [0.2, 0.25) is 18.1 Å². The van der Waals surface area contributed by atoms with Crippen molar-refractivity contribution in [2.45, 2.75) is 140 Å². The van der Waals surface area contributed by atoms with E-state index in [1.165, 1.54) is 21.1 Å². The molecule has 0 bridgehead atoms. The van der Waals surface area contributed by atoms with Gasteiger partial charge in [-0.25, -0.2) is 0 Å². The monoisotopic (exact) mass is 866 g/mol. The van der Waals surface area contributed by atoms with E-state index in [2.05, 4.69) is 33.9 Å². The molecule has 3 aromatic rings. The maximum atomic E-state index is 13.3. The first-order chi connectivity index (χ1) is 29.2. The maximum absolute atomic E-state index is 13.3. The zero-order valence-corrected chi connectivity index (χ0v) is 38.2. The molecular weight excluding hydrogens is 801 g/mol. The Morgan fingerprint density at radius 1 is 0.590 bits per heavy atom. The van der Waals surface area contributed by atoms with Crippen LogP contribution in [0.5, 0.6) is 0 Å². The summed E-state index contributed by atoms with van der Waals surface area (Å²) in [6.07, 6.45) is -8.82. The van der Waals surface area contributed by atoms with Crippen LogP contribution in [0.15, 0.2) is 91.0 Å². The largest absolute Gasteiger partial charge is 0.457 e. The molecule has 0 radical (unpaired) electrons. The van der Waals surface area contributed by atoms with Crippen molar-refractivity contribution in [1.82, 2.24) is 0 Å². The van der Waals surface area contributed by atoms with Gasteiger partial charge in [0.05, 0.1) is 39.5 Å². The molecule has 0 saturated carbocycles. The summed E-state index contributed by atoms with van der Waals surface area (Å²) in [6.45, 7) is 13.1. The van der Waals surface area contributed by atoms with Crippen molar-refractivity contribution in [2.24, 2.45) is 0 Å². The molecule has 2 heterocycles. The van der Waals surface area contributed by atoms with Crippen LogP contribution < -0.4 is 0 Å². The first-order valence-electron chi connectivity index (χ1n) is 21.0. The van der Waals surface area contributed by atoms with Gasteiger partial charge in [-0.15, -0.1) is 0 Å². The molecule has 0 spiro atoms. The van der Waals surface area contributed by atoms with E-state index in [9.17, 15) is 9.59 Å². The summed E-state index contributed by atoms with van der Waals surface area (Å²) in [5.74, 6) is -0.684. The molecule has 2 fully saturated rings. The van der Waals surface area contributed by atoms with Crippen molar-refractivity contribution < 1.29 is 61.4 Å². The van der Waals surface area contributed by atoms with Gasteiger partial charge in [0.2, 0.25) is 0 Å². The molecule has 0 amide bonds. The Balaban J connectivity index is 1.52. The van der Waals surface area contributed by atoms with Crippen molar-refractivity contribution in [3.63, 3.8) is 0 Å². The lowest BCUT2D eigenvalue weighted by molar-refractivity contribution is -0.369. The lowest BCUT2D eigenvalue weighted by Crippen LogP contribution is -2.66. The third kappa shape index (κ3) is 13.8. The van der Waals surface area contributed by atoms with Crippen molar-refractivity contribution in [1.29, 1.82) is 0 Å². The summed E-state index contributed by atoms with van der Waals surface area (Å²) in [4.78, 5) is 25.1. The molecule has 2 aliphatic heterocycles. The minimum absolute atomic E-state index is 0.0460. The van der Waals surface area contributed by atoms with Crippen LogP contribution in [0, 0.1) is 0 Å². The fourth-order valence-corrected chi connectivity index (χ4v) is 8.08. The Morgan fingerprint density at radius 3 is 1.61 bits per heavy atom. The van der Waals surface area contributed by atoms with E-state index in [4.69, 9.17) is 51.8 Å². The lowest BCUT2D eigenvalue weighted by Gasteiger charge is -2.50. The van der Waals surface area contributed by atoms with Gasteiger partial charge < -0.3 is 56.6 Å². The lowest BCUT2D eigenvalue weighted by atomic mass is 9.96. The van der Waals surface area contributed by atoms with Gasteiger partial charge in [-0.05, 0) is 41.7 Å². The van der Waals surface area contributed by atoms with Crippen molar-refractivity contribution in [3.8, 4) is 0 Å². The van der Waals surface area contributed by atoms with Gasteiger partial charge in [0, 0.05) is 27.8 Å². The highest BCUT2D eigenvalue weighted by Crippen LogP contribution is 2.39. The molecule has 0 N–H and O–H groups in total. The molecule has 0 aliphatic carbocycles. The van der Waals surface area contributed by atoms with Crippen LogP contribution in [-0.2, 0) is 81.2 Å². The second-order valence-corrected chi connectivity index (χ2v) is 21.9. The van der Waals surface area contributed by atoms with Crippen molar-refractivity contribution in [2.75, 3.05) is 34.5 Å². The summed E-state index contributed by atoms with van der Waals surface area (Å²) in [5, 5.41) is -0.122. The molecule has 0 unspecified atom stereocenters. The van der Waals surface area contributed by atoms with Crippen LogP contribution in [0.4, 0.5) is 0 Å². The van der Waals surface area contributed by atoms with E-state index in [0.717, 1.165) is 16.7 Å². The van der Waals surface area contributed by atoms with Crippen LogP contribution >= 0.6 is 0 Å². The van der Waals surface area contributed by atoms with Gasteiger partial charge in [-0.2, -0.15) is 0 Å².